The highest BCUT2D eigenvalue weighted by Gasteiger charge is 2.51. The smallest absolute Gasteiger partial charge is 0.258 e. The van der Waals surface area contributed by atoms with Crippen LogP contribution in [0, 0.1) is 5.92 Å². The van der Waals surface area contributed by atoms with E-state index in [0.717, 1.165) is 30.4 Å². The summed E-state index contributed by atoms with van der Waals surface area (Å²) in [7, 11) is 2.11. The molecule has 3 aromatic rings. The maximum absolute atomic E-state index is 13.2. The van der Waals surface area contributed by atoms with Crippen molar-refractivity contribution < 1.29 is 33.3 Å². The quantitative estimate of drug-likeness (QED) is 0.380. The maximum atomic E-state index is 13.2. The van der Waals surface area contributed by atoms with E-state index in [1.807, 2.05) is 36.4 Å². The molecule has 1 aromatic heterocycles. The van der Waals surface area contributed by atoms with Crippen molar-refractivity contribution in [1.82, 2.24) is 4.57 Å². The van der Waals surface area contributed by atoms with E-state index in [-0.39, 0.29) is 35.8 Å². The van der Waals surface area contributed by atoms with Gasteiger partial charge in [-0.05, 0) is 36.3 Å². The number of aryl methyl sites for hydroxylation is 1. The van der Waals surface area contributed by atoms with Crippen LogP contribution in [0.4, 0.5) is 0 Å². The van der Waals surface area contributed by atoms with Crippen molar-refractivity contribution in [1.29, 1.82) is 0 Å². The first-order valence-electron chi connectivity index (χ1n) is 10.9. The topological polar surface area (TPSA) is 51.9 Å². The molecule has 2 N–H and O–H groups in total. The minimum absolute atomic E-state index is 0. The number of benzene rings is 2. The number of carbonyl (C=O) groups excluding carboxylic acids is 1. The summed E-state index contributed by atoms with van der Waals surface area (Å²) < 4.78 is 4.64. The van der Waals surface area contributed by atoms with Crippen LogP contribution in [0.15, 0.2) is 73.1 Å². The summed E-state index contributed by atoms with van der Waals surface area (Å²) in [5.74, 6) is 1.66. The average molecular weight is 529 g/mol. The molecule has 5 heteroatoms. The number of aromatic nitrogens is 2. The molecule has 1 aliphatic rings. The van der Waals surface area contributed by atoms with Crippen LogP contribution < -0.4 is 34.3 Å². The molecule has 0 saturated heterocycles. The molecule has 2 atom stereocenters. The molecule has 164 valence electrons. The second kappa shape index (κ2) is 9.55. The van der Waals surface area contributed by atoms with Crippen molar-refractivity contribution >= 4 is 5.91 Å². The van der Waals surface area contributed by atoms with Gasteiger partial charge in [-0.15, -0.1) is 0 Å². The normalized spacial score (nSPS) is 18.7. The van der Waals surface area contributed by atoms with Gasteiger partial charge in [-0.1, -0.05) is 74.5 Å². The van der Waals surface area contributed by atoms with Crippen LogP contribution in [-0.2, 0) is 17.3 Å². The van der Waals surface area contributed by atoms with Crippen LogP contribution in [0.3, 0.4) is 0 Å². The van der Waals surface area contributed by atoms with Gasteiger partial charge >= 0.3 is 0 Å². The Hall–Kier alpha value is -2.15. The Balaban J connectivity index is 0.00000272. The first-order valence-corrected chi connectivity index (χ1v) is 10.9. The van der Waals surface area contributed by atoms with E-state index in [1.165, 1.54) is 5.82 Å². The van der Waals surface area contributed by atoms with E-state index in [2.05, 4.69) is 66.7 Å². The van der Waals surface area contributed by atoms with E-state index < -0.39 is 5.41 Å². The SMILES string of the molecule is CC(C)c1n(C2CCC(C(C(N)=O)(c3ccccc3)c3ccccc3)C2)cc[n+]1C.[I-]. The van der Waals surface area contributed by atoms with Gasteiger partial charge in [0.25, 0.3) is 5.82 Å². The van der Waals surface area contributed by atoms with Crippen LogP contribution in [0.5, 0.6) is 0 Å². The Morgan fingerprint density at radius 2 is 1.58 bits per heavy atom. The minimum Gasteiger partial charge on any atom is -1.00 e. The minimum atomic E-state index is -0.815. The van der Waals surface area contributed by atoms with Gasteiger partial charge in [-0.3, -0.25) is 4.79 Å². The van der Waals surface area contributed by atoms with E-state index in [0.29, 0.717) is 12.0 Å². The highest BCUT2D eigenvalue weighted by Crippen LogP contribution is 2.50. The Morgan fingerprint density at radius 3 is 2.06 bits per heavy atom. The van der Waals surface area contributed by atoms with E-state index in [1.54, 1.807) is 0 Å². The zero-order valence-electron chi connectivity index (χ0n) is 18.5. The van der Waals surface area contributed by atoms with Gasteiger partial charge < -0.3 is 29.7 Å². The van der Waals surface area contributed by atoms with Crippen molar-refractivity contribution in [3.63, 3.8) is 0 Å². The third-order valence-corrected chi connectivity index (χ3v) is 6.85. The molecule has 31 heavy (non-hydrogen) atoms. The average Bonchev–Trinajstić information content (AvgIpc) is 3.37. The van der Waals surface area contributed by atoms with Gasteiger partial charge in [0.15, 0.2) is 0 Å². The number of carbonyl (C=O) groups is 1. The number of primary amides is 1. The van der Waals surface area contributed by atoms with Crippen LogP contribution in [0.1, 0.15) is 62.0 Å². The molecule has 0 radical (unpaired) electrons. The van der Waals surface area contributed by atoms with Crippen LogP contribution in [0.2, 0.25) is 0 Å². The predicted molar refractivity (Wildman–Crippen MR) is 119 cm³/mol. The summed E-state index contributed by atoms with van der Waals surface area (Å²) in [6.07, 6.45) is 7.28. The summed E-state index contributed by atoms with van der Waals surface area (Å²) in [5, 5.41) is 0. The molecule has 4 rings (SSSR count). The Bertz CT molecular complexity index is 974. The molecule has 1 fully saturated rings. The van der Waals surface area contributed by atoms with Crippen LogP contribution >= 0.6 is 0 Å². The van der Waals surface area contributed by atoms with E-state index >= 15 is 0 Å². The molecule has 1 saturated carbocycles. The standard InChI is InChI=1S/C26H31N3O.HI/c1-19(2)24-28(3)16-17-29(24)23-15-14-22(18-23)26(25(27)30,20-10-6-4-7-11-20)21-12-8-5-9-13-21;/h4-13,16-17,19,22-23H,14-15,18H2,1-3H3,(H-,27,30);1H. The predicted octanol–water partition coefficient (Wildman–Crippen LogP) is 1.25. The highest BCUT2D eigenvalue weighted by molar-refractivity contribution is 5.91. The maximum Gasteiger partial charge on any atom is 0.258 e. The molecular formula is C26H32IN3O. The van der Waals surface area contributed by atoms with E-state index in [4.69, 9.17) is 5.73 Å². The second-order valence-corrected chi connectivity index (χ2v) is 8.90. The molecule has 1 amide bonds. The fourth-order valence-corrected chi connectivity index (χ4v) is 5.65. The third kappa shape index (κ3) is 4.04. The molecule has 2 aromatic carbocycles. The number of rotatable bonds is 6. The molecule has 2 unspecified atom stereocenters. The summed E-state index contributed by atoms with van der Waals surface area (Å²) >= 11 is 0. The van der Waals surface area contributed by atoms with Crippen molar-refractivity contribution in [2.75, 3.05) is 0 Å². The number of hydrogen-bond donors (Lipinski definition) is 1. The first-order chi connectivity index (χ1) is 14.5. The van der Waals surface area contributed by atoms with Gasteiger partial charge in [0, 0.05) is 0 Å². The molecule has 0 aliphatic heterocycles. The second-order valence-electron chi connectivity index (χ2n) is 8.90. The summed E-state index contributed by atoms with van der Waals surface area (Å²) in [6, 6.07) is 20.6. The number of nitrogens with zero attached hydrogens (tertiary/aromatic N) is 2. The Kier molecular flexibility index (Phi) is 7.24. The zero-order chi connectivity index (χ0) is 21.3. The molecule has 1 aliphatic carbocycles. The number of imidazole rings is 1. The number of amides is 1. The van der Waals surface area contributed by atoms with Crippen molar-refractivity contribution in [2.45, 2.75) is 50.5 Å². The zero-order valence-corrected chi connectivity index (χ0v) is 20.7. The lowest BCUT2D eigenvalue weighted by atomic mass is 9.64. The third-order valence-electron chi connectivity index (χ3n) is 6.85. The lowest BCUT2D eigenvalue weighted by molar-refractivity contribution is -0.680. The first kappa shape index (κ1) is 23.5. The van der Waals surface area contributed by atoms with Crippen LogP contribution in [0.25, 0.3) is 0 Å². The molecule has 1 heterocycles. The van der Waals surface area contributed by atoms with Crippen molar-refractivity contribution in [2.24, 2.45) is 18.7 Å². The fourth-order valence-electron chi connectivity index (χ4n) is 5.65. The largest absolute Gasteiger partial charge is 1.00 e. The van der Waals surface area contributed by atoms with E-state index in [9.17, 15) is 4.79 Å². The van der Waals surface area contributed by atoms with Gasteiger partial charge in [-0.2, -0.15) is 0 Å². The molecular weight excluding hydrogens is 497 g/mol. The molecule has 0 spiro atoms. The van der Waals surface area contributed by atoms with Crippen LogP contribution in [-0.4, -0.2) is 10.5 Å². The summed E-state index contributed by atoms with van der Waals surface area (Å²) in [5.41, 5.74) is 7.41. The number of hydrogen-bond acceptors (Lipinski definition) is 1. The Labute approximate surface area is 202 Å². The fraction of sp³-hybridized carbons (Fsp3) is 0.385. The monoisotopic (exact) mass is 529 g/mol. The summed E-state index contributed by atoms with van der Waals surface area (Å²) in [4.78, 5) is 13.2. The van der Waals surface area contributed by atoms with Crippen molar-refractivity contribution in [3.8, 4) is 0 Å². The van der Waals surface area contributed by atoms with Gasteiger partial charge in [-0.25, -0.2) is 9.13 Å². The Morgan fingerprint density at radius 1 is 1.03 bits per heavy atom. The highest BCUT2D eigenvalue weighted by atomic mass is 127. The van der Waals surface area contributed by atoms with Gasteiger partial charge in [0.1, 0.15) is 23.9 Å². The number of halogens is 1. The lowest BCUT2D eigenvalue weighted by Crippen LogP contribution is -3.00. The van der Waals surface area contributed by atoms with Gasteiger partial charge in [0.05, 0.1) is 13.0 Å². The van der Waals surface area contributed by atoms with Crippen molar-refractivity contribution in [3.05, 3.63) is 90.0 Å². The molecule has 0 bridgehead atoms. The lowest BCUT2D eigenvalue weighted by Gasteiger charge is -2.37. The molecule has 4 nitrogen and oxygen atoms in total. The van der Waals surface area contributed by atoms with Gasteiger partial charge in [0.2, 0.25) is 5.91 Å². The number of nitrogens with two attached hydrogens (primary N) is 1. The summed E-state index contributed by atoms with van der Waals surface area (Å²) in [6.45, 7) is 4.47.